The highest BCUT2D eigenvalue weighted by Gasteiger charge is 2.35. The minimum absolute atomic E-state index is 0.00648. The molecule has 2 aromatic rings. The zero-order valence-electron chi connectivity index (χ0n) is 22.4. The van der Waals surface area contributed by atoms with Gasteiger partial charge in [-0.1, -0.05) is 60.7 Å². The quantitative estimate of drug-likeness (QED) is 0.447. The summed E-state index contributed by atoms with van der Waals surface area (Å²) in [6.45, 7) is 11.1. The van der Waals surface area contributed by atoms with Gasteiger partial charge in [0, 0.05) is 37.7 Å². The molecule has 0 saturated carbocycles. The molecular weight excluding hydrogens is 462 g/mol. The molecule has 2 aromatic carbocycles. The minimum atomic E-state index is -0.845. The highest BCUT2D eigenvalue weighted by Crippen LogP contribution is 2.30. The standard InChI is InChI=1S/C31H39N3O3/c1-6-12-27(21-23(2)3)34(29(35)22-33(5)26-14-8-7-9-15-26)30(28-16-11-10-13-24(28)4)31(36)32-25-17-19-37-20-18-25/h6-16,21,25,30H,2,17-20,22H2,1,3-5H3,(H,32,36). The molecular formula is C31H39N3O3. The van der Waals surface area contributed by atoms with Gasteiger partial charge in [0.25, 0.3) is 0 Å². The molecule has 196 valence electrons. The van der Waals surface area contributed by atoms with Gasteiger partial charge >= 0.3 is 0 Å². The number of benzene rings is 2. The highest BCUT2D eigenvalue weighted by molar-refractivity contribution is 5.92. The fourth-order valence-electron chi connectivity index (χ4n) is 4.52. The van der Waals surface area contributed by atoms with Crippen LogP contribution in [-0.4, -0.2) is 49.6 Å². The van der Waals surface area contributed by atoms with Crippen molar-refractivity contribution in [1.82, 2.24) is 10.2 Å². The number of ether oxygens (including phenoxy) is 1. The molecule has 0 bridgehead atoms. The predicted octanol–water partition coefficient (Wildman–Crippen LogP) is 5.33. The Balaban J connectivity index is 2.09. The molecule has 1 N–H and O–H groups in total. The van der Waals surface area contributed by atoms with Crippen molar-refractivity contribution in [3.63, 3.8) is 0 Å². The Labute approximate surface area is 221 Å². The second-order valence-corrected chi connectivity index (χ2v) is 9.53. The van der Waals surface area contributed by atoms with E-state index in [0.717, 1.165) is 35.2 Å². The molecule has 0 spiro atoms. The molecule has 1 unspecified atom stereocenters. The summed E-state index contributed by atoms with van der Waals surface area (Å²) in [6, 6.07) is 16.7. The lowest BCUT2D eigenvalue weighted by Crippen LogP contribution is -2.49. The molecule has 0 aromatic heterocycles. The van der Waals surface area contributed by atoms with E-state index >= 15 is 0 Å². The predicted molar refractivity (Wildman–Crippen MR) is 150 cm³/mol. The highest BCUT2D eigenvalue weighted by atomic mass is 16.5. The Bertz CT molecular complexity index is 1130. The fraction of sp³-hybridized carbons (Fsp3) is 0.355. The first-order chi connectivity index (χ1) is 17.8. The zero-order chi connectivity index (χ0) is 26.8. The summed E-state index contributed by atoms with van der Waals surface area (Å²) in [5.74, 6) is -0.388. The number of nitrogens with one attached hydrogen (secondary N) is 1. The summed E-state index contributed by atoms with van der Waals surface area (Å²) in [6.07, 6.45) is 7.09. The van der Waals surface area contributed by atoms with E-state index in [2.05, 4.69) is 11.9 Å². The number of allylic oxidation sites excluding steroid dienone is 4. The number of aryl methyl sites for hydroxylation is 1. The van der Waals surface area contributed by atoms with Crippen molar-refractivity contribution in [3.05, 3.63) is 102 Å². The van der Waals surface area contributed by atoms with E-state index in [4.69, 9.17) is 4.74 Å². The SMILES string of the molecule is C=C(C)C=C(C=CC)N(C(=O)CN(C)c1ccccc1)C(C(=O)NC1CCOCC1)c1ccccc1C. The number of rotatable bonds is 10. The number of carbonyl (C=O) groups is 2. The van der Waals surface area contributed by atoms with Crippen molar-refractivity contribution < 1.29 is 14.3 Å². The average Bonchev–Trinajstić information content (AvgIpc) is 2.88. The van der Waals surface area contributed by atoms with Gasteiger partial charge in [0.1, 0.15) is 6.04 Å². The van der Waals surface area contributed by atoms with E-state index in [-0.39, 0.29) is 24.4 Å². The van der Waals surface area contributed by atoms with E-state index in [1.165, 1.54) is 0 Å². The van der Waals surface area contributed by atoms with Crippen molar-refractivity contribution in [2.75, 3.05) is 31.7 Å². The van der Waals surface area contributed by atoms with Crippen LogP contribution in [0.3, 0.4) is 0 Å². The molecule has 1 fully saturated rings. The Hall–Kier alpha value is -3.64. The van der Waals surface area contributed by atoms with Crippen LogP contribution in [0, 0.1) is 6.92 Å². The summed E-state index contributed by atoms with van der Waals surface area (Å²) in [4.78, 5) is 31.7. The first-order valence-corrected chi connectivity index (χ1v) is 12.8. The van der Waals surface area contributed by atoms with Gasteiger partial charge in [0.05, 0.1) is 6.54 Å². The number of amides is 2. The van der Waals surface area contributed by atoms with Crippen LogP contribution < -0.4 is 10.2 Å². The third-order valence-electron chi connectivity index (χ3n) is 6.41. The molecule has 1 aliphatic heterocycles. The number of hydrogen-bond donors (Lipinski definition) is 1. The Kier molecular flexibility index (Phi) is 10.3. The lowest BCUT2D eigenvalue weighted by molar-refractivity contribution is -0.138. The molecule has 0 aliphatic carbocycles. The number of anilines is 1. The first kappa shape index (κ1) is 27.9. The van der Waals surface area contributed by atoms with Gasteiger partial charge in [-0.15, -0.1) is 0 Å². The molecule has 1 saturated heterocycles. The molecule has 1 atom stereocenters. The molecule has 3 rings (SSSR count). The number of nitrogens with zero attached hydrogens (tertiary/aromatic N) is 2. The number of para-hydroxylation sites is 1. The molecule has 1 heterocycles. The van der Waals surface area contributed by atoms with Crippen LogP contribution in [0.25, 0.3) is 0 Å². The van der Waals surface area contributed by atoms with Crippen LogP contribution in [0.2, 0.25) is 0 Å². The molecule has 2 amide bonds. The normalized spacial score (nSPS) is 15.3. The van der Waals surface area contributed by atoms with Gasteiger partial charge in [-0.3, -0.25) is 14.5 Å². The number of likely N-dealkylation sites (N-methyl/N-ethyl adjacent to an activating group) is 1. The van der Waals surface area contributed by atoms with Gasteiger partial charge in [-0.05, 0) is 69.0 Å². The molecule has 6 heteroatoms. The lowest BCUT2D eigenvalue weighted by Gasteiger charge is -2.36. The van der Waals surface area contributed by atoms with Crippen LogP contribution in [0.5, 0.6) is 0 Å². The molecule has 37 heavy (non-hydrogen) atoms. The van der Waals surface area contributed by atoms with Crippen molar-refractivity contribution >= 4 is 17.5 Å². The third-order valence-corrected chi connectivity index (χ3v) is 6.41. The largest absolute Gasteiger partial charge is 0.381 e. The van der Waals surface area contributed by atoms with Gasteiger partial charge in [0.15, 0.2) is 0 Å². The van der Waals surface area contributed by atoms with Crippen LogP contribution >= 0.6 is 0 Å². The monoisotopic (exact) mass is 501 g/mol. The van der Waals surface area contributed by atoms with Crippen LogP contribution in [0.4, 0.5) is 5.69 Å². The van der Waals surface area contributed by atoms with E-state index in [0.29, 0.717) is 18.9 Å². The molecule has 0 radical (unpaired) electrons. The van der Waals surface area contributed by atoms with Gasteiger partial charge in [0.2, 0.25) is 11.8 Å². The fourth-order valence-corrected chi connectivity index (χ4v) is 4.52. The van der Waals surface area contributed by atoms with E-state index in [9.17, 15) is 9.59 Å². The van der Waals surface area contributed by atoms with Crippen molar-refractivity contribution in [2.24, 2.45) is 0 Å². The third kappa shape index (κ3) is 7.67. The summed E-state index contributed by atoms with van der Waals surface area (Å²) in [5, 5.41) is 3.22. The van der Waals surface area contributed by atoms with Crippen molar-refractivity contribution in [3.8, 4) is 0 Å². The topological polar surface area (TPSA) is 61.9 Å². The summed E-state index contributed by atoms with van der Waals surface area (Å²) < 4.78 is 5.48. The van der Waals surface area contributed by atoms with Crippen LogP contribution in [-0.2, 0) is 14.3 Å². The van der Waals surface area contributed by atoms with Crippen molar-refractivity contribution in [2.45, 2.75) is 45.7 Å². The second kappa shape index (κ2) is 13.6. The number of carbonyl (C=O) groups excluding carboxylic acids is 2. The average molecular weight is 502 g/mol. The second-order valence-electron chi connectivity index (χ2n) is 9.53. The zero-order valence-corrected chi connectivity index (χ0v) is 22.4. The van der Waals surface area contributed by atoms with E-state index in [1.807, 2.05) is 106 Å². The Morgan fingerprint density at radius 3 is 2.38 bits per heavy atom. The maximum absolute atomic E-state index is 14.1. The van der Waals surface area contributed by atoms with E-state index < -0.39 is 6.04 Å². The molecule has 1 aliphatic rings. The van der Waals surface area contributed by atoms with Gasteiger partial charge in [-0.25, -0.2) is 0 Å². The van der Waals surface area contributed by atoms with Crippen LogP contribution in [0.15, 0.2) is 90.7 Å². The van der Waals surface area contributed by atoms with Gasteiger partial charge < -0.3 is 15.0 Å². The lowest BCUT2D eigenvalue weighted by atomic mass is 9.97. The summed E-state index contributed by atoms with van der Waals surface area (Å²) >= 11 is 0. The molecule has 6 nitrogen and oxygen atoms in total. The maximum atomic E-state index is 14.1. The number of hydrogen-bond acceptors (Lipinski definition) is 4. The minimum Gasteiger partial charge on any atom is -0.381 e. The summed E-state index contributed by atoms with van der Waals surface area (Å²) in [5.41, 5.74) is 4.07. The van der Waals surface area contributed by atoms with Crippen molar-refractivity contribution in [1.29, 1.82) is 0 Å². The summed E-state index contributed by atoms with van der Waals surface area (Å²) in [7, 11) is 1.88. The first-order valence-electron chi connectivity index (χ1n) is 12.8. The smallest absolute Gasteiger partial charge is 0.248 e. The van der Waals surface area contributed by atoms with E-state index in [1.54, 1.807) is 4.90 Å². The Morgan fingerprint density at radius 2 is 1.76 bits per heavy atom. The maximum Gasteiger partial charge on any atom is 0.248 e. The van der Waals surface area contributed by atoms with Crippen LogP contribution in [0.1, 0.15) is 43.9 Å². The Morgan fingerprint density at radius 1 is 1.11 bits per heavy atom. The van der Waals surface area contributed by atoms with Gasteiger partial charge in [-0.2, -0.15) is 0 Å².